The molecule has 0 saturated carbocycles. The molecule has 0 bridgehead atoms. The van der Waals surface area contributed by atoms with Gasteiger partial charge in [-0.1, -0.05) is 0 Å². The highest BCUT2D eigenvalue weighted by atomic mass is 16.6. The van der Waals surface area contributed by atoms with Gasteiger partial charge < -0.3 is 19.1 Å². The van der Waals surface area contributed by atoms with E-state index in [4.69, 9.17) is 9.47 Å². The van der Waals surface area contributed by atoms with Gasteiger partial charge in [-0.25, -0.2) is 9.78 Å². The molecule has 1 heterocycles. The van der Waals surface area contributed by atoms with Crippen LogP contribution < -0.4 is 4.74 Å². The Morgan fingerprint density at radius 1 is 1.30 bits per heavy atom. The van der Waals surface area contributed by atoms with Crippen molar-refractivity contribution in [3.05, 3.63) is 23.5 Å². The van der Waals surface area contributed by atoms with Crippen LogP contribution in [0.1, 0.15) is 37.0 Å². The molecule has 1 N–H and O–H groups in total. The van der Waals surface area contributed by atoms with Crippen molar-refractivity contribution in [1.82, 2.24) is 9.55 Å². The van der Waals surface area contributed by atoms with E-state index in [1.54, 1.807) is 38.3 Å². The highest BCUT2D eigenvalue weighted by molar-refractivity contribution is 6.02. The van der Waals surface area contributed by atoms with Crippen molar-refractivity contribution < 1.29 is 24.2 Å². The highest BCUT2D eigenvalue weighted by Gasteiger charge is 2.21. The number of esters is 1. The molecule has 124 valence electrons. The first kappa shape index (κ1) is 16.8. The Hall–Kier alpha value is -2.57. The molecule has 0 radical (unpaired) electrons. The summed E-state index contributed by atoms with van der Waals surface area (Å²) in [5.41, 5.74) is 0.278. The summed E-state index contributed by atoms with van der Waals surface area (Å²) in [4.78, 5) is 27.8. The van der Waals surface area contributed by atoms with Crippen molar-refractivity contribution in [2.24, 2.45) is 0 Å². The zero-order valence-electron chi connectivity index (χ0n) is 13.8. The Bertz CT molecular complexity index is 771. The van der Waals surface area contributed by atoms with E-state index < -0.39 is 17.5 Å². The zero-order valence-corrected chi connectivity index (χ0v) is 13.8. The summed E-state index contributed by atoms with van der Waals surface area (Å²) in [6.45, 7) is 7.02. The molecule has 0 spiro atoms. The molecule has 0 amide bonds. The third-order valence-electron chi connectivity index (χ3n) is 3.19. The van der Waals surface area contributed by atoms with E-state index in [9.17, 15) is 14.7 Å². The number of nitrogens with zero attached hydrogens (tertiary/aromatic N) is 2. The lowest BCUT2D eigenvalue weighted by molar-refractivity contribution is -0.155. The van der Waals surface area contributed by atoms with Gasteiger partial charge in [0.1, 0.15) is 29.2 Å². The first-order valence-electron chi connectivity index (χ1n) is 7.12. The lowest BCUT2D eigenvalue weighted by atomic mass is 10.1. The van der Waals surface area contributed by atoms with E-state index in [0.29, 0.717) is 22.6 Å². The van der Waals surface area contributed by atoms with Gasteiger partial charge in [0.15, 0.2) is 0 Å². The van der Waals surface area contributed by atoms with Crippen LogP contribution in [0.3, 0.4) is 0 Å². The second kappa shape index (κ2) is 5.91. The topological polar surface area (TPSA) is 90.6 Å². The molecule has 0 aliphatic carbocycles. The molecule has 0 atom stereocenters. The monoisotopic (exact) mass is 320 g/mol. The zero-order chi connectivity index (χ0) is 17.4. The molecule has 0 saturated heterocycles. The maximum absolute atomic E-state index is 12.1. The molecule has 2 aromatic rings. The van der Waals surface area contributed by atoms with E-state index in [-0.39, 0.29) is 12.1 Å². The SMILES string of the molecule is COc1cc(C(=O)O)c2nc(C)n(CC(=O)OC(C)(C)C)c2c1. The molecule has 1 aromatic heterocycles. The van der Waals surface area contributed by atoms with Gasteiger partial charge in [-0.05, 0) is 33.8 Å². The number of ether oxygens (including phenoxy) is 2. The van der Waals surface area contributed by atoms with Gasteiger partial charge in [0.2, 0.25) is 0 Å². The van der Waals surface area contributed by atoms with Crippen molar-refractivity contribution in [3.63, 3.8) is 0 Å². The molecule has 0 unspecified atom stereocenters. The molecule has 0 aliphatic heterocycles. The van der Waals surface area contributed by atoms with E-state index in [1.165, 1.54) is 13.2 Å². The van der Waals surface area contributed by atoms with Crippen LogP contribution in [-0.2, 0) is 16.1 Å². The third kappa shape index (κ3) is 3.61. The fourth-order valence-electron chi connectivity index (χ4n) is 2.30. The van der Waals surface area contributed by atoms with Crippen LogP contribution >= 0.6 is 0 Å². The Labute approximate surface area is 133 Å². The number of aromatic nitrogens is 2. The second-order valence-electron chi connectivity index (χ2n) is 6.18. The molecule has 23 heavy (non-hydrogen) atoms. The fourth-order valence-corrected chi connectivity index (χ4v) is 2.30. The minimum Gasteiger partial charge on any atom is -0.497 e. The van der Waals surface area contributed by atoms with Crippen LogP contribution in [0.2, 0.25) is 0 Å². The van der Waals surface area contributed by atoms with Gasteiger partial charge in [-0.15, -0.1) is 0 Å². The Morgan fingerprint density at radius 3 is 2.48 bits per heavy atom. The number of methoxy groups -OCH3 is 1. The van der Waals surface area contributed by atoms with Crippen molar-refractivity contribution >= 4 is 23.0 Å². The highest BCUT2D eigenvalue weighted by Crippen LogP contribution is 2.26. The smallest absolute Gasteiger partial charge is 0.338 e. The van der Waals surface area contributed by atoms with Gasteiger partial charge >= 0.3 is 11.9 Å². The fraction of sp³-hybridized carbons (Fsp3) is 0.438. The van der Waals surface area contributed by atoms with Crippen LogP contribution in [0.5, 0.6) is 5.75 Å². The van der Waals surface area contributed by atoms with Gasteiger partial charge in [-0.3, -0.25) is 4.79 Å². The number of carbonyl (C=O) groups excluding carboxylic acids is 1. The van der Waals surface area contributed by atoms with E-state index in [0.717, 1.165) is 0 Å². The van der Waals surface area contributed by atoms with E-state index in [2.05, 4.69) is 4.98 Å². The summed E-state index contributed by atoms with van der Waals surface area (Å²) in [6, 6.07) is 3.07. The summed E-state index contributed by atoms with van der Waals surface area (Å²) in [7, 11) is 1.45. The number of aryl methyl sites for hydroxylation is 1. The number of hydrogen-bond donors (Lipinski definition) is 1. The van der Waals surface area contributed by atoms with Crippen molar-refractivity contribution in [3.8, 4) is 5.75 Å². The number of aromatic carboxylic acids is 1. The first-order valence-corrected chi connectivity index (χ1v) is 7.12. The summed E-state index contributed by atoms with van der Waals surface area (Å²) in [5, 5.41) is 9.34. The molecule has 1 aromatic carbocycles. The molecular weight excluding hydrogens is 300 g/mol. The van der Waals surface area contributed by atoms with Crippen LogP contribution in [-0.4, -0.2) is 39.3 Å². The van der Waals surface area contributed by atoms with Gasteiger partial charge in [-0.2, -0.15) is 0 Å². The lowest BCUT2D eigenvalue weighted by Crippen LogP contribution is -2.26. The number of fused-ring (bicyclic) bond motifs is 1. The number of imidazole rings is 1. The molecule has 0 fully saturated rings. The van der Waals surface area contributed by atoms with Crippen LogP contribution in [0.15, 0.2) is 12.1 Å². The maximum atomic E-state index is 12.1. The largest absolute Gasteiger partial charge is 0.497 e. The standard InChI is InChI=1S/C16H20N2O5/c1-9-17-14-11(15(20)21)6-10(22-5)7-12(14)18(9)8-13(19)23-16(2,3)4/h6-7H,8H2,1-5H3,(H,20,21). The molecule has 2 rings (SSSR count). The molecular formula is C16H20N2O5. The van der Waals surface area contributed by atoms with Crippen LogP contribution in [0.4, 0.5) is 0 Å². The van der Waals surface area contributed by atoms with Gasteiger partial charge in [0, 0.05) is 6.07 Å². The Balaban J connectivity index is 2.52. The first-order chi connectivity index (χ1) is 10.6. The van der Waals surface area contributed by atoms with Crippen LogP contribution in [0, 0.1) is 6.92 Å². The number of hydrogen-bond acceptors (Lipinski definition) is 5. The molecule has 7 heteroatoms. The summed E-state index contributed by atoms with van der Waals surface area (Å²) in [6.07, 6.45) is 0. The Morgan fingerprint density at radius 2 is 1.96 bits per heavy atom. The number of carboxylic acids is 1. The molecule has 0 aliphatic rings. The minimum absolute atomic E-state index is 0.0328. The van der Waals surface area contributed by atoms with E-state index in [1.807, 2.05) is 0 Å². The van der Waals surface area contributed by atoms with Crippen molar-refractivity contribution in [1.29, 1.82) is 0 Å². The molecule has 7 nitrogen and oxygen atoms in total. The summed E-state index contributed by atoms with van der Waals surface area (Å²) >= 11 is 0. The lowest BCUT2D eigenvalue weighted by Gasteiger charge is -2.20. The number of rotatable bonds is 4. The summed E-state index contributed by atoms with van der Waals surface area (Å²) in [5.74, 6) is -0.600. The van der Waals surface area contributed by atoms with Crippen LogP contribution in [0.25, 0.3) is 11.0 Å². The van der Waals surface area contributed by atoms with Crippen molar-refractivity contribution in [2.75, 3.05) is 7.11 Å². The van der Waals surface area contributed by atoms with Gasteiger partial charge in [0.05, 0.1) is 18.2 Å². The normalized spacial score (nSPS) is 11.5. The number of carbonyl (C=O) groups is 2. The Kier molecular flexibility index (Phi) is 4.31. The minimum atomic E-state index is -1.10. The average molecular weight is 320 g/mol. The maximum Gasteiger partial charge on any atom is 0.338 e. The van der Waals surface area contributed by atoms with Crippen molar-refractivity contribution in [2.45, 2.75) is 39.8 Å². The third-order valence-corrected chi connectivity index (χ3v) is 3.19. The van der Waals surface area contributed by atoms with E-state index >= 15 is 0 Å². The predicted molar refractivity (Wildman–Crippen MR) is 83.8 cm³/mol. The average Bonchev–Trinajstić information content (AvgIpc) is 2.72. The number of carboxylic acid groups (broad SMARTS) is 1. The summed E-state index contributed by atoms with van der Waals surface area (Å²) < 4.78 is 12.1. The number of benzene rings is 1. The van der Waals surface area contributed by atoms with Gasteiger partial charge in [0.25, 0.3) is 0 Å². The predicted octanol–water partition coefficient (Wildman–Crippen LogP) is 2.39. The second-order valence-corrected chi connectivity index (χ2v) is 6.18. The quantitative estimate of drug-likeness (QED) is 0.870.